The lowest BCUT2D eigenvalue weighted by Crippen LogP contribution is -2.10. The van der Waals surface area contributed by atoms with E-state index >= 15 is 0 Å². The van der Waals surface area contributed by atoms with Gasteiger partial charge in [0, 0.05) is 10.6 Å². The molecule has 0 aliphatic heterocycles. The first-order valence-electron chi connectivity index (χ1n) is 7.12. The standard InChI is InChI=1S/C18H23NOS/c1-13-16(19)6-5-7-17(13)21(20)12-14-8-10-15(11-9-14)18(2,3)4/h5-11H,12,19H2,1-4H3. The van der Waals surface area contributed by atoms with Crippen LogP contribution in [0.3, 0.4) is 0 Å². The highest BCUT2D eigenvalue weighted by Gasteiger charge is 2.14. The molecule has 0 saturated heterocycles. The normalized spacial score (nSPS) is 13.1. The van der Waals surface area contributed by atoms with Crippen molar-refractivity contribution in [1.29, 1.82) is 0 Å². The summed E-state index contributed by atoms with van der Waals surface area (Å²) < 4.78 is 12.5. The molecular weight excluding hydrogens is 278 g/mol. The fourth-order valence-electron chi connectivity index (χ4n) is 2.21. The van der Waals surface area contributed by atoms with E-state index in [1.54, 1.807) is 0 Å². The minimum atomic E-state index is -1.06. The van der Waals surface area contributed by atoms with Crippen molar-refractivity contribution in [2.24, 2.45) is 0 Å². The highest BCUT2D eigenvalue weighted by molar-refractivity contribution is 7.84. The number of anilines is 1. The molecule has 112 valence electrons. The summed E-state index contributed by atoms with van der Waals surface area (Å²) in [6.07, 6.45) is 0. The fourth-order valence-corrected chi connectivity index (χ4v) is 3.55. The zero-order chi connectivity index (χ0) is 15.6. The van der Waals surface area contributed by atoms with Crippen LogP contribution in [0.5, 0.6) is 0 Å². The van der Waals surface area contributed by atoms with Crippen LogP contribution in [0.15, 0.2) is 47.4 Å². The zero-order valence-electron chi connectivity index (χ0n) is 13.1. The summed E-state index contributed by atoms with van der Waals surface area (Å²) in [7, 11) is -1.06. The maximum atomic E-state index is 12.5. The molecule has 0 aromatic heterocycles. The van der Waals surface area contributed by atoms with Gasteiger partial charge in [-0.3, -0.25) is 4.21 Å². The van der Waals surface area contributed by atoms with Crippen LogP contribution in [0, 0.1) is 6.92 Å². The van der Waals surface area contributed by atoms with Crippen molar-refractivity contribution in [3.05, 3.63) is 59.2 Å². The van der Waals surface area contributed by atoms with Crippen LogP contribution in [-0.2, 0) is 22.0 Å². The number of hydrogen-bond donors (Lipinski definition) is 1. The van der Waals surface area contributed by atoms with E-state index in [9.17, 15) is 4.21 Å². The molecule has 2 rings (SSSR count). The Labute approximate surface area is 129 Å². The van der Waals surface area contributed by atoms with E-state index in [-0.39, 0.29) is 5.41 Å². The second-order valence-corrected chi connectivity index (χ2v) is 7.83. The molecule has 21 heavy (non-hydrogen) atoms. The Morgan fingerprint density at radius 1 is 1.05 bits per heavy atom. The van der Waals surface area contributed by atoms with Gasteiger partial charge in [0.15, 0.2) is 0 Å². The monoisotopic (exact) mass is 301 g/mol. The molecule has 0 fully saturated rings. The number of nitrogens with two attached hydrogens (primary N) is 1. The van der Waals surface area contributed by atoms with Crippen LogP contribution >= 0.6 is 0 Å². The predicted molar refractivity (Wildman–Crippen MR) is 90.8 cm³/mol. The van der Waals surface area contributed by atoms with Gasteiger partial charge in [0.05, 0.1) is 16.6 Å². The smallest absolute Gasteiger partial charge is 0.0577 e. The molecule has 0 saturated carbocycles. The first-order chi connectivity index (χ1) is 9.79. The van der Waals surface area contributed by atoms with Crippen LogP contribution in [0.25, 0.3) is 0 Å². The molecule has 2 nitrogen and oxygen atoms in total. The maximum Gasteiger partial charge on any atom is 0.0577 e. The highest BCUT2D eigenvalue weighted by Crippen LogP contribution is 2.24. The van der Waals surface area contributed by atoms with E-state index in [0.29, 0.717) is 11.4 Å². The zero-order valence-corrected chi connectivity index (χ0v) is 14.0. The van der Waals surface area contributed by atoms with Crippen LogP contribution in [0.4, 0.5) is 5.69 Å². The molecule has 2 aromatic carbocycles. The first kappa shape index (κ1) is 15.8. The Hall–Kier alpha value is -1.61. The van der Waals surface area contributed by atoms with Gasteiger partial charge in [0.2, 0.25) is 0 Å². The summed E-state index contributed by atoms with van der Waals surface area (Å²) in [6.45, 7) is 8.49. The molecule has 0 heterocycles. The van der Waals surface area contributed by atoms with Gasteiger partial charge >= 0.3 is 0 Å². The van der Waals surface area contributed by atoms with Gasteiger partial charge in [0.25, 0.3) is 0 Å². The fraction of sp³-hybridized carbons (Fsp3) is 0.333. The predicted octanol–water partition coefficient (Wildman–Crippen LogP) is 4.18. The van der Waals surface area contributed by atoms with E-state index in [1.807, 2.05) is 25.1 Å². The van der Waals surface area contributed by atoms with Gasteiger partial charge in [-0.1, -0.05) is 51.1 Å². The summed E-state index contributed by atoms with van der Waals surface area (Å²) in [5.41, 5.74) is 10.0. The number of nitrogen functional groups attached to an aromatic ring is 1. The average Bonchev–Trinajstić information content (AvgIpc) is 2.41. The summed E-state index contributed by atoms with van der Waals surface area (Å²) in [5.74, 6) is 0.523. The molecule has 0 radical (unpaired) electrons. The second kappa shape index (κ2) is 6.02. The lowest BCUT2D eigenvalue weighted by molar-refractivity contribution is 0.590. The van der Waals surface area contributed by atoms with E-state index in [1.165, 1.54) is 5.56 Å². The molecule has 0 spiro atoms. The van der Waals surface area contributed by atoms with Crippen molar-refractivity contribution in [3.63, 3.8) is 0 Å². The second-order valence-electron chi connectivity index (χ2n) is 6.41. The average molecular weight is 301 g/mol. The minimum Gasteiger partial charge on any atom is -0.398 e. The van der Waals surface area contributed by atoms with Crippen molar-refractivity contribution in [2.75, 3.05) is 5.73 Å². The third-order valence-electron chi connectivity index (χ3n) is 3.69. The Bertz CT molecular complexity index is 654. The summed E-state index contributed by atoms with van der Waals surface area (Å²) in [5, 5.41) is 0. The van der Waals surface area contributed by atoms with Gasteiger partial charge in [-0.15, -0.1) is 0 Å². The number of rotatable bonds is 3. The van der Waals surface area contributed by atoms with Crippen LogP contribution in [-0.4, -0.2) is 4.21 Å². The van der Waals surface area contributed by atoms with Crippen LogP contribution < -0.4 is 5.73 Å². The largest absolute Gasteiger partial charge is 0.398 e. The van der Waals surface area contributed by atoms with E-state index in [2.05, 4.69) is 45.0 Å². The van der Waals surface area contributed by atoms with Gasteiger partial charge in [0.1, 0.15) is 0 Å². The third-order valence-corrected chi connectivity index (χ3v) is 5.22. The lowest BCUT2D eigenvalue weighted by atomic mass is 9.87. The Balaban J connectivity index is 2.18. The third kappa shape index (κ3) is 3.73. The molecule has 0 amide bonds. The van der Waals surface area contributed by atoms with Crippen molar-refractivity contribution in [1.82, 2.24) is 0 Å². The molecule has 2 aromatic rings. The molecule has 1 unspecified atom stereocenters. The van der Waals surface area contributed by atoms with Gasteiger partial charge in [-0.05, 0) is 41.2 Å². The Kier molecular flexibility index (Phi) is 4.52. The summed E-state index contributed by atoms with van der Waals surface area (Å²) >= 11 is 0. The SMILES string of the molecule is Cc1c(N)cccc1S(=O)Cc1ccc(C(C)(C)C)cc1. The minimum absolute atomic E-state index is 0.141. The van der Waals surface area contributed by atoms with Crippen molar-refractivity contribution in [3.8, 4) is 0 Å². The maximum absolute atomic E-state index is 12.5. The van der Waals surface area contributed by atoms with Crippen molar-refractivity contribution in [2.45, 2.75) is 43.8 Å². The molecular formula is C18H23NOS. The Morgan fingerprint density at radius 2 is 1.67 bits per heavy atom. The highest BCUT2D eigenvalue weighted by atomic mass is 32.2. The summed E-state index contributed by atoms with van der Waals surface area (Å²) in [4.78, 5) is 0.829. The first-order valence-corrected chi connectivity index (χ1v) is 8.44. The van der Waals surface area contributed by atoms with Crippen LogP contribution in [0.2, 0.25) is 0 Å². The molecule has 3 heteroatoms. The van der Waals surface area contributed by atoms with E-state index < -0.39 is 10.8 Å². The molecule has 0 aliphatic rings. The Morgan fingerprint density at radius 3 is 2.24 bits per heavy atom. The van der Waals surface area contributed by atoms with Crippen LogP contribution in [0.1, 0.15) is 37.5 Å². The molecule has 0 bridgehead atoms. The number of hydrogen-bond acceptors (Lipinski definition) is 2. The lowest BCUT2D eigenvalue weighted by Gasteiger charge is -2.19. The van der Waals surface area contributed by atoms with Crippen molar-refractivity contribution >= 4 is 16.5 Å². The van der Waals surface area contributed by atoms with E-state index in [0.717, 1.165) is 16.0 Å². The molecule has 0 aliphatic carbocycles. The number of benzene rings is 2. The van der Waals surface area contributed by atoms with Gasteiger partial charge in [-0.2, -0.15) is 0 Å². The summed E-state index contributed by atoms with van der Waals surface area (Å²) in [6, 6.07) is 14.0. The van der Waals surface area contributed by atoms with Gasteiger partial charge < -0.3 is 5.73 Å². The molecule has 2 N–H and O–H groups in total. The van der Waals surface area contributed by atoms with Gasteiger partial charge in [-0.25, -0.2) is 0 Å². The topological polar surface area (TPSA) is 43.1 Å². The molecule has 1 atom stereocenters. The van der Waals surface area contributed by atoms with E-state index in [4.69, 9.17) is 5.73 Å². The van der Waals surface area contributed by atoms with Crippen molar-refractivity contribution < 1.29 is 4.21 Å². The quantitative estimate of drug-likeness (QED) is 0.864.